The van der Waals surface area contributed by atoms with Gasteiger partial charge in [-0.3, -0.25) is 10.1 Å². The Balaban J connectivity index is 2.86. The van der Waals surface area contributed by atoms with Crippen LogP contribution in [0, 0.1) is 5.82 Å². The Labute approximate surface area is 121 Å². The van der Waals surface area contributed by atoms with E-state index in [1.165, 1.54) is 12.1 Å². The lowest BCUT2D eigenvalue weighted by Crippen LogP contribution is -2.27. The predicted octanol–water partition coefficient (Wildman–Crippen LogP) is 2.68. The van der Waals surface area contributed by atoms with Crippen molar-refractivity contribution in [1.82, 2.24) is 0 Å². The number of nitrogens with one attached hydrogen (secondary N) is 1. The fourth-order valence-electron chi connectivity index (χ4n) is 1.57. The molecule has 0 bridgehead atoms. The molecule has 0 aliphatic carbocycles. The third-order valence-electron chi connectivity index (χ3n) is 2.37. The summed E-state index contributed by atoms with van der Waals surface area (Å²) in [6.45, 7) is 5.08. The largest absolute Gasteiger partial charge is 0.481 e. The van der Waals surface area contributed by atoms with Gasteiger partial charge >= 0.3 is 12.1 Å². The molecule has 1 amide bonds. The molecule has 0 radical (unpaired) electrons. The summed E-state index contributed by atoms with van der Waals surface area (Å²) < 4.78 is 18.6. The van der Waals surface area contributed by atoms with Gasteiger partial charge in [-0.2, -0.15) is 0 Å². The summed E-state index contributed by atoms with van der Waals surface area (Å²) >= 11 is 0. The van der Waals surface area contributed by atoms with Gasteiger partial charge in [-0.25, -0.2) is 9.18 Å². The van der Waals surface area contributed by atoms with E-state index < -0.39 is 36.0 Å². The molecule has 0 saturated carbocycles. The van der Waals surface area contributed by atoms with Gasteiger partial charge in [0.1, 0.15) is 11.4 Å². The second kappa shape index (κ2) is 6.53. The number of benzene rings is 1. The first-order chi connectivity index (χ1) is 9.58. The molecule has 1 rings (SSSR count). The van der Waals surface area contributed by atoms with Crippen LogP contribution in [0.2, 0.25) is 0 Å². The van der Waals surface area contributed by atoms with Crippen molar-refractivity contribution in [2.45, 2.75) is 38.9 Å². The van der Waals surface area contributed by atoms with Gasteiger partial charge in [0.2, 0.25) is 0 Å². The number of carboxylic acid groups (broad SMARTS) is 1. The summed E-state index contributed by atoms with van der Waals surface area (Å²) in [5.41, 5.74) is -0.688. The molecule has 1 aromatic rings. The van der Waals surface area contributed by atoms with E-state index in [4.69, 9.17) is 9.84 Å². The molecule has 7 heteroatoms. The fourth-order valence-corrected chi connectivity index (χ4v) is 1.57. The number of carbonyl (C=O) groups is 2. The van der Waals surface area contributed by atoms with Gasteiger partial charge in [0.05, 0.1) is 12.5 Å². The number of aliphatic hydroxyl groups excluding tert-OH is 1. The van der Waals surface area contributed by atoms with Gasteiger partial charge in [-0.1, -0.05) is 0 Å². The highest BCUT2D eigenvalue weighted by Gasteiger charge is 2.19. The second-order valence-electron chi connectivity index (χ2n) is 5.48. The minimum absolute atomic E-state index is 0.199. The van der Waals surface area contributed by atoms with Crippen molar-refractivity contribution in [2.75, 3.05) is 5.32 Å². The van der Waals surface area contributed by atoms with Gasteiger partial charge in [-0.15, -0.1) is 0 Å². The Morgan fingerprint density at radius 3 is 2.52 bits per heavy atom. The molecule has 0 unspecified atom stereocenters. The van der Waals surface area contributed by atoms with Crippen LogP contribution in [0.3, 0.4) is 0 Å². The van der Waals surface area contributed by atoms with Gasteiger partial charge in [-0.05, 0) is 39.0 Å². The maximum Gasteiger partial charge on any atom is 0.412 e. The van der Waals surface area contributed by atoms with Crippen LogP contribution in [0.5, 0.6) is 0 Å². The number of carbonyl (C=O) groups excluding carboxylic acids is 1. The number of aliphatic carboxylic acids is 1. The Kier molecular flexibility index (Phi) is 5.26. The molecule has 21 heavy (non-hydrogen) atoms. The molecule has 0 aliphatic heterocycles. The first kappa shape index (κ1) is 16.9. The van der Waals surface area contributed by atoms with Crippen molar-refractivity contribution in [3.8, 4) is 0 Å². The van der Waals surface area contributed by atoms with Crippen LogP contribution in [0.4, 0.5) is 14.9 Å². The van der Waals surface area contributed by atoms with Gasteiger partial charge in [0, 0.05) is 11.3 Å². The number of halogens is 1. The maximum absolute atomic E-state index is 13.6. The zero-order chi connectivity index (χ0) is 16.2. The van der Waals surface area contributed by atoms with Gasteiger partial charge < -0.3 is 14.9 Å². The standard InChI is InChI=1S/C14H18FNO5/c1-14(2,3)21-13(20)16-8-4-5-10(15)9(6-8)11(17)7-12(18)19/h4-6,11,17H,7H2,1-3H3,(H,16,20)(H,18,19)/t11-/m0/s1. The van der Waals surface area contributed by atoms with Crippen LogP contribution in [-0.2, 0) is 9.53 Å². The van der Waals surface area contributed by atoms with Crippen molar-refractivity contribution in [3.05, 3.63) is 29.6 Å². The molecule has 6 nitrogen and oxygen atoms in total. The number of aliphatic hydroxyl groups is 1. The molecular formula is C14H18FNO5. The fraction of sp³-hybridized carbons (Fsp3) is 0.429. The summed E-state index contributed by atoms with van der Waals surface area (Å²) in [6.07, 6.45) is -2.86. The summed E-state index contributed by atoms with van der Waals surface area (Å²) in [4.78, 5) is 22.1. The third-order valence-corrected chi connectivity index (χ3v) is 2.37. The number of hydrogen-bond acceptors (Lipinski definition) is 4. The Morgan fingerprint density at radius 1 is 1.38 bits per heavy atom. The van der Waals surface area contributed by atoms with Gasteiger partial charge in [0.15, 0.2) is 0 Å². The number of carboxylic acids is 1. The normalized spacial score (nSPS) is 12.6. The van der Waals surface area contributed by atoms with E-state index in [9.17, 15) is 19.1 Å². The molecule has 0 aliphatic rings. The molecule has 1 aromatic carbocycles. The number of anilines is 1. The third kappa shape index (κ3) is 5.78. The highest BCUT2D eigenvalue weighted by molar-refractivity contribution is 5.85. The van der Waals surface area contributed by atoms with Crippen LogP contribution < -0.4 is 5.32 Å². The minimum Gasteiger partial charge on any atom is -0.481 e. The van der Waals surface area contributed by atoms with Crippen LogP contribution in [0.1, 0.15) is 38.9 Å². The highest BCUT2D eigenvalue weighted by Crippen LogP contribution is 2.24. The van der Waals surface area contributed by atoms with Crippen molar-refractivity contribution < 1.29 is 28.9 Å². The Bertz CT molecular complexity index is 539. The van der Waals surface area contributed by atoms with E-state index in [-0.39, 0.29) is 11.3 Å². The molecule has 1 atom stereocenters. The summed E-state index contributed by atoms with van der Waals surface area (Å²) in [5.74, 6) is -2.01. The molecule has 116 valence electrons. The van der Waals surface area contributed by atoms with E-state index in [0.29, 0.717) is 0 Å². The Morgan fingerprint density at radius 2 is 2.00 bits per heavy atom. The topological polar surface area (TPSA) is 95.9 Å². The Hall–Kier alpha value is -2.15. The first-order valence-corrected chi connectivity index (χ1v) is 6.28. The van der Waals surface area contributed by atoms with Crippen LogP contribution in [0.15, 0.2) is 18.2 Å². The van der Waals surface area contributed by atoms with Crippen molar-refractivity contribution in [1.29, 1.82) is 0 Å². The minimum atomic E-state index is -1.50. The monoisotopic (exact) mass is 299 g/mol. The summed E-state index contributed by atoms with van der Waals surface area (Å²) in [6, 6.07) is 3.50. The smallest absolute Gasteiger partial charge is 0.412 e. The SMILES string of the molecule is CC(C)(C)OC(=O)Nc1ccc(F)c([C@@H](O)CC(=O)O)c1. The molecule has 0 aromatic heterocycles. The predicted molar refractivity (Wildman–Crippen MR) is 73.5 cm³/mol. The van der Waals surface area contributed by atoms with Crippen LogP contribution >= 0.6 is 0 Å². The van der Waals surface area contributed by atoms with Crippen molar-refractivity contribution in [3.63, 3.8) is 0 Å². The number of amides is 1. The summed E-state index contributed by atoms with van der Waals surface area (Å²) in [7, 11) is 0. The van der Waals surface area contributed by atoms with E-state index in [0.717, 1.165) is 6.07 Å². The maximum atomic E-state index is 13.6. The lowest BCUT2D eigenvalue weighted by atomic mass is 10.1. The van der Waals surface area contributed by atoms with Crippen molar-refractivity contribution >= 4 is 17.7 Å². The number of hydrogen-bond donors (Lipinski definition) is 3. The molecule has 0 heterocycles. The number of rotatable bonds is 4. The lowest BCUT2D eigenvalue weighted by Gasteiger charge is -2.20. The summed E-state index contributed by atoms with van der Waals surface area (Å²) in [5, 5.41) is 20.6. The van der Waals surface area contributed by atoms with E-state index in [2.05, 4.69) is 5.32 Å². The van der Waals surface area contributed by atoms with Crippen LogP contribution in [-0.4, -0.2) is 27.9 Å². The molecule has 0 saturated heterocycles. The van der Waals surface area contributed by atoms with E-state index in [1.807, 2.05) is 0 Å². The van der Waals surface area contributed by atoms with Crippen LogP contribution in [0.25, 0.3) is 0 Å². The molecule has 0 fully saturated rings. The zero-order valence-corrected chi connectivity index (χ0v) is 12.0. The van der Waals surface area contributed by atoms with E-state index >= 15 is 0 Å². The van der Waals surface area contributed by atoms with Gasteiger partial charge in [0.25, 0.3) is 0 Å². The molecule has 0 spiro atoms. The number of ether oxygens (including phenoxy) is 1. The average Bonchev–Trinajstić information content (AvgIpc) is 2.28. The van der Waals surface area contributed by atoms with Crippen molar-refractivity contribution in [2.24, 2.45) is 0 Å². The lowest BCUT2D eigenvalue weighted by molar-refractivity contribution is -0.139. The quantitative estimate of drug-likeness (QED) is 0.794. The second-order valence-corrected chi connectivity index (χ2v) is 5.48. The first-order valence-electron chi connectivity index (χ1n) is 6.28. The molecular weight excluding hydrogens is 281 g/mol. The molecule has 3 N–H and O–H groups in total. The highest BCUT2D eigenvalue weighted by atomic mass is 19.1. The zero-order valence-electron chi connectivity index (χ0n) is 12.0. The average molecular weight is 299 g/mol. The van der Waals surface area contributed by atoms with E-state index in [1.54, 1.807) is 20.8 Å².